The predicted octanol–water partition coefficient (Wildman–Crippen LogP) is -0.00160. The van der Waals surface area contributed by atoms with Crippen LogP contribution in [0.2, 0.25) is 0 Å². The normalized spacial score (nSPS) is 20.2. The first-order valence-corrected chi connectivity index (χ1v) is 3.14. The third-order valence-electron chi connectivity index (χ3n) is 1.82. The van der Waals surface area contributed by atoms with Gasteiger partial charge in [0.05, 0.1) is 13.1 Å². The van der Waals surface area contributed by atoms with Crippen molar-refractivity contribution >= 4 is 6.09 Å². The molecule has 0 unspecified atom stereocenters. The summed E-state index contributed by atoms with van der Waals surface area (Å²) >= 11 is 0. The quantitative estimate of drug-likeness (QED) is 0.542. The zero-order valence-corrected chi connectivity index (χ0v) is 6.20. The summed E-state index contributed by atoms with van der Waals surface area (Å²) in [4.78, 5) is 11.5. The van der Waals surface area contributed by atoms with E-state index in [1.807, 2.05) is 0 Å². The SMILES string of the molecule is C#CC1(OC)CN(C(=O)O)C1. The highest BCUT2D eigenvalue weighted by molar-refractivity contribution is 5.67. The Morgan fingerprint density at radius 2 is 2.36 bits per heavy atom. The minimum absolute atomic E-state index is 0.273. The Kier molecular flexibility index (Phi) is 1.75. The molecule has 0 bridgehead atoms. The number of nitrogens with zero attached hydrogens (tertiary/aromatic N) is 1. The van der Waals surface area contributed by atoms with Crippen LogP contribution in [-0.4, -0.2) is 41.9 Å². The first kappa shape index (κ1) is 7.89. The highest BCUT2D eigenvalue weighted by Crippen LogP contribution is 2.23. The van der Waals surface area contributed by atoms with Gasteiger partial charge in [0.2, 0.25) is 0 Å². The van der Waals surface area contributed by atoms with Crippen LogP contribution in [0.15, 0.2) is 0 Å². The fourth-order valence-electron chi connectivity index (χ4n) is 0.985. The Morgan fingerprint density at radius 3 is 2.64 bits per heavy atom. The largest absolute Gasteiger partial charge is 0.465 e. The van der Waals surface area contributed by atoms with E-state index in [-0.39, 0.29) is 13.1 Å². The number of carbonyl (C=O) groups is 1. The zero-order valence-electron chi connectivity index (χ0n) is 6.20. The second-order valence-corrected chi connectivity index (χ2v) is 2.48. The Hall–Kier alpha value is -1.21. The molecular weight excluding hydrogens is 146 g/mol. The van der Waals surface area contributed by atoms with Crippen LogP contribution in [0.25, 0.3) is 0 Å². The van der Waals surface area contributed by atoms with Gasteiger partial charge in [0, 0.05) is 7.11 Å². The van der Waals surface area contributed by atoms with Crippen molar-refractivity contribution in [3.8, 4) is 12.3 Å². The molecule has 0 saturated carbocycles. The lowest BCUT2D eigenvalue weighted by atomic mass is 9.96. The van der Waals surface area contributed by atoms with Crippen molar-refractivity contribution in [3.63, 3.8) is 0 Å². The first-order valence-electron chi connectivity index (χ1n) is 3.14. The molecule has 1 heterocycles. The maximum Gasteiger partial charge on any atom is 0.407 e. The molecule has 0 radical (unpaired) electrons. The third-order valence-corrected chi connectivity index (χ3v) is 1.82. The molecule has 0 aromatic carbocycles. The van der Waals surface area contributed by atoms with Gasteiger partial charge in [-0.25, -0.2) is 4.79 Å². The van der Waals surface area contributed by atoms with Crippen molar-refractivity contribution in [2.75, 3.05) is 20.2 Å². The molecule has 1 saturated heterocycles. The second-order valence-electron chi connectivity index (χ2n) is 2.48. The smallest absolute Gasteiger partial charge is 0.407 e. The molecular formula is C7H9NO3. The van der Waals surface area contributed by atoms with Crippen molar-refractivity contribution in [1.82, 2.24) is 4.90 Å². The Balaban J connectivity index is 2.50. The topological polar surface area (TPSA) is 49.8 Å². The Morgan fingerprint density at radius 1 is 1.82 bits per heavy atom. The molecule has 1 fully saturated rings. The van der Waals surface area contributed by atoms with Crippen LogP contribution in [0.1, 0.15) is 0 Å². The van der Waals surface area contributed by atoms with E-state index < -0.39 is 11.7 Å². The number of methoxy groups -OCH3 is 1. The standard InChI is InChI=1S/C7H9NO3/c1-3-7(11-2)4-8(5-7)6(9)10/h1H,4-5H2,2H3,(H,9,10). The van der Waals surface area contributed by atoms with Crippen LogP contribution < -0.4 is 0 Å². The molecule has 11 heavy (non-hydrogen) atoms. The first-order chi connectivity index (χ1) is 5.13. The van der Waals surface area contributed by atoms with Gasteiger partial charge in [-0.1, -0.05) is 5.92 Å². The van der Waals surface area contributed by atoms with Gasteiger partial charge in [0.1, 0.15) is 0 Å². The molecule has 4 nitrogen and oxygen atoms in total. The van der Waals surface area contributed by atoms with E-state index in [9.17, 15) is 4.79 Å². The summed E-state index contributed by atoms with van der Waals surface area (Å²) in [5.41, 5.74) is -0.668. The predicted molar refractivity (Wildman–Crippen MR) is 38.2 cm³/mol. The monoisotopic (exact) mass is 155 g/mol. The molecule has 1 amide bonds. The van der Waals surface area contributed by atoms with Gasteiger partial charge in [-0.05, 0) is 0 Å². The van der Waals surface area contributed by atoms with Crippen LogP contribution in [-0.2, 0) is 4.74 Å². The molecule has 0 aliphatic carbocycles. The number of carboxylic acid groups (broad SMARTS) is 1. The zero-order chi connectivity index (χ0) is 8.48. The molecule has 1 aliphatic rings. The molecule has 0 aromatic rings. The summed E-state index contributed by atoms with van der Waals surface area (Å²) in [6, 6.07) is 0. The average molecular weight is 155 g/mol. The van der Waals surface area contributed by atoms with Crippen molar-refractivity contribution in [1.29, 1.82) is 0 Å². The van der Waals surface area contributed by atoms with Crippen molar-refractivity contribution in [3.05, 3.63) is 0 Å². The average Bonchev–Trinajstić information content (AvgIpc) is 1.87. The summed E-state index contributed by atoms with van der Waals surface area (Å²) in [5, 5.41) is 8.46. The lowest BCUT2D eigenvalue weighted by Crippen LogP contribution is -2.63. The van der Waals surface area contributed by atoms with E-state index in [1.54, 1.807) is 0 Å². The summed E-state index contributed by atoms with van der Waals surface area (Å²) in [5.74, 6) is 2.42. The summed E-state index contributed by atoms with van der Waals surface area (Å²) < 4.78 is 4.96. The van der Waals surface area contributed by atoms with Crippen molar-refractivity contribution < 1.29 is 14.6 Å². The Bertz CT molecular complexity index is 212. The number of likely N-dealkylation sites (tertiary alicyclic amines) is 1. The van der Waals surface area contributed by atoms with Gasteiger partial charge in [-0.2, -0.15) is 0 Å². The van der Waals surface area contributed by atoms with E-state index in [0.29, 0.717) is 0 Å². The molecule has 60 valence electrons. The fraction of sp³-hybridized carbons (Fsp3) is 0.571. The molecule has 1 aliphatic heterocycles. The number of rotatable bonds is 1. The van der Waals surface area contributed by atoms with Gasteiger partial charge in [0.25, 0.3) is 0 Å². The minimum Gasteiger partial charge on any atom is -0.465 e. The van der Waals surface area contributed by atoms with Gasteiger partial charge >= 0.3 is 6.09 Å². The van der Waals surface area contributed by atoms with E-state index in [4.69, 9.17) is 16.3 Å². The summed E-state index contributed by atoms with van der Waals surface area (Å²) in [7, 11) is 1.49. The van der Waals surface area contributed by atoms with Gasteiger partial charge < -0.3 is 14.7 Å². The maximum atomic E-state index is 10.3. The molecule has 1 rings (SSSR count). The van der Waals surface area contributed by atoms with Crippen LogP contribution in [0.3, 0.4) is 0 Å². The number of hydrogen-bond donors (Lipinski definition) is 1. The van der Waals surface area contributed by atoms with Crippen LogP contribution in [0.5, 0.6) is 0 Å². The van der Waals surface area contributed by atoms with Crippen LogP contribution in [0, 0.1) is 12.3 Å². The molecule has 0 atom stereocenters. The Labute approximate surface area is 64.8 Å². The van der Waals surface area contributed by atoms with Gasteiger partial charge in [-0.15, -0.1) is 6.42 Å². The molecule has 0 aromatic heterocycles. The highest BCUT2D eigenvalue weighted by Gasteiger charge is 2.44. The fourth-order valence-corrected chi connectivity index (χ4v) is 0.985. The van der Waals surface area contributed by atoms with E-state index in [2.05, 4.69) is 5.92 Å². The highest BCUT2D eigenvalue weighted by atomic mass is 16.5. The van der Waals surface area contributed by atoms with Gasteiger partial charge in [-0.3, -0.25) is 0 Å². The molecule has 1 N–H and O–H groups in total. The third kappa shape index (κ3) is 1.15. The second kappa shape index (κ2) is 2.44. The molecule has 0 spiro atoms. The van der Waals surface area contributed by atoms with E-state index >= 15 is 0 Å². The maximum absolute atomic E-state index is 10.3. The lowest BCUT2D eigenvalue weighted by molar-refractivity contribution is -0.0697. The summed E-state index contributed by atoms with van der Waals surface area (Å²) in [6.07, 6.45) is 4.20. The number of amides is 1. The number of terminal acetylenes is 1. The minimum atomic E-state index is -0.951. The van der Waals surface area contributed by atoms with E-state index in [1.165, 1.54) is 12.0 Å². The van der Waals surface area contributed by atoms with Gasteiger partial charge in [0.15, 0.2) is 5.60 Å². The molecule has 4 heteroatoms. The number of hydrogen-bond acceptors (Lipinski definition) is 2. The van der Waals surface area contributed by atoms with E-state index in [0.717, 1.165) is 0 Å². The lowest BCUT2D eigenvalue weighted by Gasteiger charge is -2.43. The van der Waals surface area contributed by atoms with Crippen molar-refractivity contribution in [2.24, 2.45) is 0 Å². The van der Waals surface area contributed by atoms with Crippen LogP contribution >= 0.6 is 0 Å². The van der Waals surface area contributed by atoms with Crippen LogP contribution in [0.4, 0.5) is 4.79 Å². The van der Waals surface area contributed by atoms with Crippen molar-refractivity contribution in [2.45, 2.75) is 5.60 Å². The number of ether oxygens (including phenoxy) is 1. The summed E-state index contributed by atoms with van der Waals surface area (Å²) in [6.45, 7) is 0.546.